The van der Waals surface area contributed by atoms with E-state index < -0.39 is 0 Å². The molecule has 0 bridgehead atoms. The minimum Gasteiger partial charge on any atom is -0.392 e. The van der Waals surface area contributed by atoms with Crippen molar-refractivity contribution < 1.29 is 14.6 Å². The first kappa shape index (κ1) is 21.1. The molecule has 0 saturated carbocycles. The Balaban J connectivity index is 1.65. The number of ether oxygens (including phenoxy) is 2. The first-order chi connectivity index (χ1) is 15.6. The summed E-state index contributed by atoms with van der Waals surface area (Å²) in [6, 6.07) is 14.7. The summed E-state index contributed by atoms with van der Waals surface area (Å²) < 4.78 is 11.3. The van der Waals surface area contributed by atoms with Crippen molar-refractivity contribution in [2.75, 3.05) is 49.3 Å². The van der Waals surface area contributed by atoms with E-state index in [1.807, 2.05) is 30.3 Å². The number of aliphatic hydroxyl groups excluding tert-OH is 1. The number of pyridine rings is 2. The van der Waals surface area contributed by atoms with Gasteiger partial charge in [-0.2, -0.15) is 0 Å². The van der Waals surface area contributed by atoms with Crippen LogP contribution in [0.5, 0.6) is 0 Å². The molecule has 7 nitrogen and oxygen atoms in total. The lowest BCUT2D eigenvalue weighted by molar-refractivity contribution is 0.0976. The topological polar surface area (TPSA) is 71.0 Å². The van der Waals surface area contributed by atoms with Crippen LogP contribution in [0.2, 0.25) is 0 Å². The molecule has 4 heterocycles. The Morgan fingerprint density at radius 1 is 0.938 bits per heavy atom. The standard InChI is InChI=1S/C25H30N4O3/c1-17-15-31-10-8-28(17)24-13-23-21(25(27-24)29-9-11-32-16-18(29)2)6-7-22(26-23)20-5-3-4-19(12-20)14-30/h3-7,12-13,17-18,30H,8-11,14-16H2,1-2H3/t17-,18-/m0/s1. The summed E-state index contributed by atoms with van der Waals surface area (Å²) >= 11 is 0. The van der Waals surface area contributed by atoms with Crippen LogP contribution in [0.3, 0.4) is 0 Å². The van der Waals surface area contributed by atoms with E-state index in [4.69, 9.17) is 19.4 Å². The third-order valence-corrected chi connectivity index (χ3v) is 6.36. The van der Waals surface area contributed by atoms with Crippen molar-refractivity contribution in [3.63, 3.8) is 0 Å². The van der Waals surface area contributed by atoms with Crippen molar-refractivity contribution in [2.24, 2.45) is 0 Å². The molecule has 7 heteroatoms. The molecular weight excluding hydrogens is 404 g/mol. The van der Waals surface area contributed by atoms with E-state index in [-0.39, 0.29) is 18.7 Å². The van der Waals surface area contributed by atoms with Gasteiger partial charge in [0, 0.05) is 30.1 Å². The molecule has 2 aliphatic heterocycles. The number of anilines is 2. The molecule has 32 heavy (non-hydrogen) atoms. The van der Waals surface area contributed by atoms with E-state index in [1.54, 1.807) is 0 Å². The second-order valence-electron chi connectivity index (χ2n) is 8.66. The van der Waals surface area contributed by atoms with Crippen LogP contribution in [0.25, 0.3) is 22.2 Å². The highest BCUT2D eigenvalue weighted by molar-refractivity contribution is 5.93. The molecule has 2 fully saturated rings. The van der Waals surface area contributed by atoms with Crippen molar-refractivity contribution in [1.29, 1.82) is 0 Å². The largest absolute Gasteiger partial charge is 0.392 e. The van der Waals surface area contributed by atoms with Gasteiger partial charge in [0.1, 0.15) is 11.6 Å². The molecule has 2 saturated heterocycles. The molecular formula is C25H30N4O3. The van der Waals surface area contributed by atoms with Crippen LogP contribution >= 0.6 is 0 Å². The van der Waals surface area contributed by atoms with Crippen molar-refractivity contribution in [2.45, 2.75) is 32.5 Å². The summed E-state index contributed by atoms with van der Waals surface area (Å²) in [5.74, 6) is 1.91. The summed E-state index contributed by atoms with van der Waals surface area (Å²) in [6.45, 7) is 8.79. The second kappa shape index (κ2) is 9.02. The van der Waals surface area contributed by atoms with Gasteiger partial charge >= 0.3 is 0 Å². The van der Waals surface area contributed by atoms with Gasteiger partial charge in [0.2, 0.25) is 0 Å². The molecule has 3 aromatic rings. The average molecular weight is 435 g/mol. The third kappa shape index (κ3) is 4.03. The quantitative estimate of drug-likeness (QED) is 0.676. The molecule has 2 aromatic heterocycles. The van der Waals surface area contributed by atoms with Crippen LogP contribution in [-0.4, -0.2) is 66.7 Å². The first-order valence-corrected chi connectivity index (χ1v) is 11.3. The fourth-order valence-corrected chi connectivity index (χ4v) is 4.56. The third-order valence-electron chi connectivity index (χ3n) is 6.36. The highest BCUT2D eigenvalue weighted by Gasteiger charge is 2.26. The normalized spacial score (nSPS) is 21.8. The summed E-state index contributed by atoms with van der Waals surface area (Å²) in [6.07, 6.45) is 0. The van der Waals surface area contributed by atoms with Gasteiger partial charge in [-0.1, -0.05) is 18.2 Å². The maximum Gasteiger partial charge on any atom is 0.140 e. The van der Waals surface area contributed by atoms with Gasteiger partial charge in [-0.15, -0.1) is 0 Å². The Morgan fingerprint density at radius 2 is 1.69 bits per heavy atom. The Morgan fingerprint density at radius 3 is 2.41 bits per heavy atom. The van der Waals surface area contributed by atoms with E-state index in [1.165, 1.54) is 0 Å². The predicted molar refractivity (Wildman–Crippen MR) is 126 cm³/mol. The van der Waals surface area contributed by atoms with Crippen LogP contribution in [0, 0.1) is 0 Å². The number of fused-ring (bicyclic) bond motifs is 1. The molecule has 0 amide bonds. The minimum atomic E-state index is 0.0173. The number of nitrogens with zero attached hydrogens (tertiary/aromatic N) is 4. The van der Waals surface area contributed by atoms with Gasteiger partial charge in [0.25, 0.3) is 0 Å². The minimum absolute atomic E-state index is 0.0173. The summed E-state index contributed by atoms with van der Waals surface area (Å²) in [5, 5.41) is 10.6. The summed E-state index contributed by atoms with van der Waals surface area (Å²) in [5.41, 5.74) is 3.69. The molecule has 2 atom stereocenters. The van der Waals surface area contributed by atoms with Crippen molar-refractivity contribution in [1.82, 2.24) is 9.97 Å². The number of hydrogen-bond acceptors (Lipinski definition) is 7. The van der Waals surface area contributed by atoms with Crippen LogP contribution in [0.1, 0.15) is 19.4 Å². The number of aromatic nitrogens is 2. The van der Waals surface area contributed by atoms with Crippen LogP contribution in [0.15, 0.2) is 42.5 Å². The van der Waals surface area contributed by atoms with E-state index in [0.717, 1.165) is 52.4 Å². The van der Waals surface area contributed by atoms with Crippen LogP contribution < -0.4 is 9.80 Å². The van der Waals surface area contributed by atoms with Gasteiger partial charge in [-0.25, -0.2) is 9.97 Å². The Labute approximate surface area is 188 Å². The zero-order chi connectivity index (χ0) is 22.1. The molecule has 2 aliphatic rings. The monoisotopic (exact) mass is 434 g/mol. The SMILES string of the molecule is C[C@H]1COCCN1c1cc2nc(-c3cccc(CO)c3)ccc2c(N2CCOC[C@@H]2C)n1. The van der Waals surface area contributed by atoms with Crippen molar-refractivity contribution >= 4 is 22.5 Å². The Hall–Kier alpha value is -2.74. The van der Waals surface area contributed by atoms with Crippen LogP contribution in [-0.2, 0) is 16.1 Å². The molecule has 5 rings (SSSR count). The van der Waals surface area contributed by atoms with Gasteiger partial charge in [-0.3, -0.25) is 0 Å². The molecule has 0 aliphatic carbocycles. The smallest absolute Gasteiger partial charge is 0.140 e. The number of rotatable bonds is 4. The van der Waals surface area contributed by atoms with Crippen molar-refractivity contribution in [3.8, 4) is 11.3 Å². The van der Waals surface area contributed by atoms with Gasteiger partial charge in [0.15, 0.2) is 0 Å². The predicted octanol–water partition coefficient (Wildman–Crippen LogP) is 3.24. The molecule has 0 radical (unpaired) electrons. The van der Waals surface area contributed by atoms with E-state index in [2.05, 4.69) is 35.8 Å². The number of morpholine rings is 2. The van der Waals surface area contributed by atoms with Gasteiger partial charge in [0.05, 0.1) is 56.3 Å². The van der Waals surface area contributed by atoms with E-state index >= 15 is 0 Å². The second-order valence-corrected chi connectivity index (χ2v) is 8.66. The molecule has 0 spiro atoms. The maximum absolute atomic E-state index is 9.53. The maximum atomic E-state index is 9.53. The fourth-order valence-electron chi connectivity index (χ4n) is 4.56. The summed E-state index contributed by atoms with van der Waals surface area (Å²) in [7, 11) is 0. The van der Waals surface area contributed by atoms with E-state index in [0.29, 0.717) is 26.4 Å². The Bertz CT molecular complexity index is 1110. The lowest BCUT2D eigenvalue weighted by atomic mass is 10.1. The molecule has 1 N–H and O–H groups in total. The molecule has 168 valence electrons. The van der Waals surface area contributed by atoms with Crippen LogP contribution in [0.4, 0.5) is 11.6 Å². The van der Waals surface area contributed by atoms with Crippen molar-refractivity contribution in [3.05, 3.63) is 48.0 Å². The molecule has 1 aromatic carbocycles. The number of aliphatic hydroxyl groups is 1. The van der Waals surface area contributed by atoms with Gasteiger partial charge < -0.3 is 24.4 Å². The lowest BCUT2D eigenvalue weighted by Gasteiger charge is -2.37. The Kier molecular flexibility index (Phi) is 5.95. The first-order valence-electron chi connectivity index (χ1n) is 11.3. The number of benzene rings is 1. The van der Waals surface area contributed by atoms with Gasteiger partial charge in [-0.05, 0) is 37.6 Å². The highest BCUT2D eigenvalue weighted by atomic mass is 16.5. The zero-order valence-corrected chi connectivity index (χ0v) is 18.7. The lowest BCUT2D eigenvalue weighted by Crippen LogP contribution is -2.46. The number of hydrogen-bond donors (Lipinski definition) is 1. The summed E-state index contributed by atoms with van der Waals surface area (Å²) in [4.78, 5) is 14.9. The van der Waals surface area contributed by atoms with E-state index in [9.17, 15) is 5.11 Å². The highest BCUT2D eigenvalue weighted by Crippen LogP contribution is 2.33. The zero-order valence-electron chi connectivity index (χ0n) is 18.7. The molecule has 0 unspecified atom stereocenters. The average Bonchev–Trinajstić information content (AvgIpc) is 2.83. The fraction of sp³-hybridized carbons (Fsp3) is 0.440.